The molecule has 1 saturated carbocycles. The van der Waals surface area contributed by atoms with Crippen molar-refractivity contribution in [1.82, 2.24) is 4.90 Å². The van der Waals surface area contributed by atoms with E-state index in [2.05, 4.69) is 20.7 Å². The van der Waals surface area contributed by atoms with Crippen LogP contribution in [0.1, 0.15) is 24.3 Å². The zero-order chi connectivity index (χ0) is 32.8. The summed E-state index contributed by atoms with van der Waals surface area (Å²) in [5.74, 6) is -9.24. The average molecular weight is 733 g/mol. The first kappa shape index (κ1) is 31.3. The van der Waals surface area contributed by atoms with E-state index in [1.54, 1.807) is 0 Å². The van der Waals surface area contributed by atoms with Gasteiger partial charge < -0.3 is 9.84 Å². The van der Waals surface area contributed by atoms with E-state index in [1.807, 2.05) is 0 Å². The molecule has 0 spiro atoms. The third-order valence-electron chi connectivity index (χ3n) is 8.88. The van der Waals surface area contributed by atoms with E-state index in [9.17, 15) is 47.6 Å². The van der Waals surface area contributed by atoms with Gasteiger partial charge in [-0.05, 0) is 49.1 Å². The number of alkyl halides is 6. The highest BCUT2D eigenvalue weighted by Gasteiger charge is 2.76. The fourth-order valence-electron chi connectivity index (χ4n) is 7.04. The van der Waals surface area contributed by atoms with Gasteiger partial charge in [0.15, 0.2) is 9.75 Å². The van der Waals surface area contributed by atoms with E-state index < -0.39 is 86.3 Å². The smallest absolute Gasteiger partial charge is 0.508 e. The molecule has 45 heavy (non-hydrogen) atoms. The van der Waals surface area contributed by atoms with Crippen LogP contribution >= 0.6 is 39.1 Å². The third-order valence-corrected chi connectivity index (χ3v) is 10.8. The second kappa shape index (κ2) is 10.4. The molecule has 2 aliphatic heterocycles. The fraction of sp³-hybridized carbons (Fsp3) is 0.357. The summed E-state index contributed by atoms with van der Waals surface area (Å²) in [7, 11) is 0. The summed E-state index contributed by atoms with van der Waals surface area (Å²) in [6.45, 7) is 0. The minimum absolute atomic E-state index is 0.0624. The first-order valence-electron chi connectivity index (χ1n) is 13.3. The highest BCUT2D eigenvalue weighted by atomic mass is 79.9. The van der Waals surface area contributed by atoms with E-state index in [4.69, 9.17) is 23.2 Å². The highest BCUT2D eigenvalue weighted by Crippen LogP contribution is 2.66. The van der Waals surface area contributed by atoms with Crippen LogP contribution in [0.25, 0.3) is 0 Å². The van der Waals surface area contributed by atoms with Crippen molar-refractivity contribution in [2.24, 2.45) is 17.8 Å². The summed E-state index contributed by atoms with van der Waals surface area (Å²) >= 11 is 17.2. The number of anilines is 1. The lowest BCUT2D eigenvalue weighted by Gasteiger charge is -2.50. The highest BCUT2D eigenvalue weighted by molar-refractivity contribution is 9.09. The van der Waals surface area contributed by atoms with Crippen LogP contribution in [0, 0.1) is 27.9 Å². The number of phenolic OH excluding ortho intramolecular Hbond substituents is 1. The van der Waals surface area contributed by atoms with E-state index in [0.29, 0.717) is 0 Å². The SMILES string of the molecule is O=C1C2CC=C3C(CC4(Cl)C(=O)N(CBr)C(=O)C4(Cl)C3c3cc(OC(F)(F)F)ccc3O)C2C(=O)N1c1ccc([N+](=O)[O-])cc1. The summed E-state index contributed by atoms with van der Waals surface area (Å²) in [5.41, 5.74) is -0.614. The van der Waals surface area contributed by atoms with E-state index in [1.165, 1.54) is 18.2 Å². The predicted molar refractivity (Wildman–Crippen MR) is 154 cm³/mol. The van der Waals surface area contributed by atoms with Crippen LogP contribution in [0.2, 0.25) is 0 Å². The van der Waals surface area contributed by atoms with Crippen LogP contribution in [0.4, 0.5) is 24.5 Å². The molecule has 11 nitrogen and oxygen atoms in total. The van der Waals surface area contributed by atoms with Gasteiger partial charge >= 0.3 is 6.36 Å². The second-order valence-corrected chi connectivity index (χ2v) is 12.8. The summed E-state index contributed by atoms with van der Waals surface area (Å²) in [6.07, 6.45) is -4.04. The number of rotatable bonds is 5. The van der Waals surface area contributed by atoms with Crippen LogP contribution in [-0.4, -0.2) is 60.1 Å². The molecule has 2 aromatic carbocycles. The summed E-state index contributed by atoms with van der Waals surface area (Å²) in [5, 5.41) is 22.1. The number of ether oxygens (including phenoxy) is 1. The number of fused-ring (bicyclic) bond motifs is 4. The van der Waals surface area contributed by atoms with Gasteiger partial charge in [-0.15, -0.1) is 36.4 Å². The number of aromatic hydroxyl groups is 1. The molecule has 6 rings (SSSR count). The first-order chi connectivity index (χ1) is 21.0. The number of allylic oxidation sites excluding steroid dienone is 2. The molecule has 2 saturated heterocycles. The number of amides is 4. The molecule has 0 aromatic heterocycles. The van der Waals surface area contributed by atoms with Crippen molar-refractivity contribution < 1.29 is 47.1 Å². The van der Waals surface area contributed by atoms with Crippen LogP contribution in [0.15, 0.2) is 54.1 Å². The van der Waals surface area contributed by atoms with Crippen molar-refractivity contribution in [3.63, 3.8) is 0 Å². The number of carbonyl (C=O) groups excluding carboxylic acids is 4. The number of nitro benzene ring substituents is 1. The quantitative estimate of drug-likeness (QED) is 0.111. The Kier molecular flexibility index (Phi) is 7.25. The Morgan fingerprint density at radius 3 is 2.31 bits per heavy atom. The van der Waals surface area contributed by atoms with Gasteiger partial charge in [0.2, 0.25) is 11.8 Å². The number of imide groups is 2. The topological polar surface area (TPSA) is 147 Å². The molecular formula is C28H19BrCl2F3N3O8. The standard InChI is InChI=1S/C28H19BrCl2F3N3O8/c29-11-35-24(41)26(30)10-18-15(21(27(26,31)25(35)42)17-9-14(5-8-19(17)38)45-28(32,33)34)6-7-16-20(18)23(40)36(22(16)39)12-1-3-13(4-2-12)37(43)44/h1-6,8-9,16,18,20-21,38H,7,10-11H2. The van der Waals surface area contributed by atoms with Gasteiger partial charge in [0.1, 0.15) is 11.5 Å². The number of phenols is 1. The molecule has 0 bridgehead atoms. The second-order valence-electron chi connectivity index (χ2n) is 11.0. The maximum Gasteiger partial charge on any atom is 0.573 e. The number of hydrogen-bond acceptors (Lipinski definition) is 8. The number of non-ortho nitro benzene ring substituents is 1. The fourth-order valence-corrected chi connectivity index (χ4v) is 8.45. The summed E-state index contributed by atoms with van der Waals surface area (Å²) < 4.78 is 43.5. The molecule has 6 atom stereocenters. The normalized spacial score (nSPS) is 31.0. The number of hydrogen-bond donors (Lipinski definition) is 1. The Morgan fingerprint density at radius 2 is 1.71 bits per heavy atom. The van der Waals surface area contributed by atoms with Crippen molar-refractivity contribution in [2.45, 2.75) is 34.9 Å². The van der Waals surface area contributed by atoms with Crippen molar-refractivity contribution >= 4 is 74.1 Å². The predicted octanol–water partition coefficient (Wildman–Crippen LogP) is 5.11. The van der Waals surface area contributed by atoms with Crippen LogP contribution in [0.5, 0.6) is 11.5 Å². The molecule has 4 amide bonds. The molecule has 1 N–H and O–H groups in total. The molecule has 236 valence electrons. The van der Waals surface area contributed by atoms with Crippen molar-refractivity contribution in [1.29, 1.82) is 0 Å². The zero-order valence-corrected chi connectivity index (χ0v) is 25.6. The van der Waals surface area contributed by atoms with Crippen LogP contribution < -0.4 is 9.64 Å². The third kappa shape index (κ3) is 4.45. The van der Waals surface area contributed by atoms with Gasteiger partial charge in [-0.1, -0.05) is 27.6 Å². The molecule has 2 aromatic rings. The first-order valence-corrected chi connectivity index (χ1v) is 15.1. The molecular weight excluding hydrogens is 714 g/mol. The molecule has 2 aliphatic carbocycles. The number of nitro groups is 1. The Hall–Kier alpha value is -3.69. The maximum absolute atomic E-state index is 14.0. The van der Waals surface area contributed by atoms with Crippen molar-refractivity contribution in [2.75, 3.05) is 10.4 Å². The minimum atomic E-state index is -5.11. The van der Waals surface area contributed by atoms with Gasteiger partial charge in [0, 0.05) is 23.6 Å². The Balaban J connectivity index is 1.50. The molecule has 4 aliphatic rings. The van der Waals surface area contributed by atoms with Gasteiger partial charge in [-0.2, -0.15) is 0 Å². The minimum Gasteiger partial charge on any atom is -0.508 e. The Labute approximate surface area is 269 Å². The lowest BCUT2D eigenvalue weighted by Crippen LogP contribution is -2.60. The van der Waals surface area contributed by atoms with E-state index in [-0.39, 0.29) is 34.4 Å². The molecule has 6 unspecified atom stereocenters. The monoisotopic (exact) mass is 731 g/mol. The van der Waals surface area contributed by atoms with Gasteiger partial charge in [-0.25, -0.2) is 0 Å². The van der Waals surface area contributed by atoms with E-state index in [0.717, 1.165) is 40.1 Å². The molecule has 2 heterocycles. The van der Waals surface area contributed by atoms with Crippen molar-refractivity contribution in [3.05, 3.63) is 69.8 Å². The van der Waals surface area contributed by atoms with Crippen LogP contribution in [-0.2, 0) is 19.2 Å². The Morgan fingerprint density at radius 1 is 1.04 bits per heavy atom. The van der Waals surface area contributed by atoms with Gasteiger partial charge in [0.05, 0.1) is 27.9 Å². The maximum atomic E-state index is 14.0. The van der Waals surface area contributed by atoms with Crippen LogP contribution in [0.3, 0.4) is 0 Å². The number of likely N-dealkylation sites (tertiary alicyclic amines) is 1. The number of nitrogens with zero attached hydrogens (tertiary/aromatic N) is 3. The summed E-state index contributed by atoms with van der Waals surface area (Å²) in [6, 6.07) is 7.34. The molecule has 17 heteroatoms. The summed E-state index contributed by atoms with van der Waals surface area (Å²) in [4.78, 5) is 62.6. The van der Waals surface area contributed by atoms with Crippen molar-refractivity contribution in [3.8, 4) is 11.5 Å². The number of carbonyl (C=O) groups is 4. The van der Waals surface area contributed by atoms with Gasteiger partial charge in [0.25, 0.3) is 17.5 Å². The molecule has 0 radical (unpaired) electrons. The lowest BCUT2D eigenvalue weighted by molar-refractivity contribution is -0.384. The zero-order valence-electron chi connectivity index (χ0n) is 22.5. The largest absolute Gasteiger partial charge is 0.573 e. The van der Waals surface area contributed by atoms with Gasteiger partial charge in [-0.3, -0.25) is 39.1 Å². The molecule has 3 fully saturated rings. The number of benzene rings is 2. The number of halogens is 6. The lowest BCUT2D eigenvalue weighted by atomic mass is 9.56. The Bertz CT molecular complexity index is 1720. The average Bonchev–Trinajstić information content (AvgIpc) is 3.31. The van der Waals surface area contributed by atoms with E-state index >= 15 is 0 Å².